The van der Waals surface area contributed by atoms with Gasteiger partial charge in [0.1, 0.15) is 5.69 Å². The first-order chi connectivity index (χ1) is 7.18. The van der Waals surface area contributed by atoms with Crippen molar-refractivity contribution >= 4 is 5.97 Å². The topological polar surface area (TPSA) is 53.1 Å². The van der Waals surface area contributed by atoms with Crippen molar-refractivity contribution in [1.29, 1.82) is 0 Å². The van der Waals surface area contributed by atoms with Crippen molar-refractivity contribution in [3.63, 3.8) is 0 Å². The molecule has 0 saturated heterocycles. The van der Waals surface area contributed by atoms with E-state index in [1.807, 2.05) is 6.07 Å². The maximum absolute atomic E-state index is 11.0. The van der Waals surface area contributed by atoms with Crippen LogP contribution in [0.3, 0.4) is 0 Å². The molecule has 0 unspecified atom stereocenters. The predicted octanol–water partition coefficient (Wildman–Crippen LogP) is 3.01. The van der Waals surface area contributed by atoms with Gasteiger partial charge in [-0.05, 0) is 36.3 Å². The molecule has 2 rings (SSSR count). The Morgan fingerprint density at radius 3 is 2.67 bits per heavy atom. The van der Waals surface area contributed by atoms with Crippen molar-refractivity contribution in [2.45, 2.75) is 38.5 Å². The summed E-state index contributed by atoms with van der Waals surface area (Å²) >= 11 is 0. The van der Waals surface area contributed by atoms with E-state index in [0.717, 1.165) is 24.3 Å². The van der Waals surface area contributed by atoms with E-state index in [4.69, 9.17) is 5.11 Å². The first-order valence-electron chi connectivity index (χ1n) is 5.59. The highest BCUT2D eigenvalue weighted by atomic mass is 16.4. The monoisotopic (exact) mass is 207 g/mol. The number of aromatic amines is 1. The summed E-state index contributed by atoms with van der Waals surface area (Å²) in [7, 11) is 0. The molecule has 1 heterocycles. The average molecular weight is 207 g/mol. The van der Waals surface area contributed by atoms with E-state index in [-0.39, 0.29) is 0 Å². The average Bonchev–Trinajstić information content (AvgIpc) is 2.67. The molecule has 1 aromatic rings. The molecule has 0 aliphatic heterocycles. The summed E-state index contributed by atoms with van der Waals surface area (Å²) in [5, 5.41) is 9.01. The molecule has 82 valence electrons. The second-order valence-electron chi connectivity index (χ2n) is 4.57. The van der Waals surface area contributed by atoms with Crippen molar-refractivity contribution in [3.8, 4) is 0 Å². The maximum Gasteiger partial charge on any atom is 0.352 e. The van der Waals surface area contributed by atoms with Gasteiger partial charge in [0, 0.05) is 6.20 Å². The molecule has 1 fully saturated rings. The molecule has 1 saturated carbocycles. The molecule has 15 heavy (non-hydrogen) atoms. The van der Waals surface area contributed by atoms with Crippen molar-refractivity contribution in [2.24, 2.45) is 5.92 Å². The summed E-state index contributed by atoms with van der Waals surface area (Å²) in [6.45, 7) is 2.27. The Labute approximate surface area is 89.5 Å². The molecule has 0 spiro atoms. The lowest BCUT2D eigenvalue weighted by Gasteiger charge is -2.26. The molecule has 1 aromatic heterocycles. The van der Waals surface area contributed by atoms with Gasteiger partial charge in [-0.3, -0.25) is 0 Å². The van der Waals surface area contributed by atoms with Gasteiger partial charge in [-0.25, -0.2) is 4.79 Å². The van der Waals surface area contributed by atoms with E-state index in [9.17, 15) is 4.79 Å². The van der Waals surface area contributed by atoms with Crippen molar-refractivity contribution in [1.82, 2.24) is 4.98 Å². The fourth-order valence-electron chi connectivity index (χ4n) is 2.48. The third-order valence-electron chi connectivity index (χ3n) is 3.45. The summed E-state index contributed by atoms with van der Waals surface area (Å²) in [5.41, 5.74) is 1.38. The Balaban J connectivity index is 2.15. The SMILES string of the molecule is CC1CCC(c2cc[nH]c2C(=O)O)CC1. The van der Waals surface area contributed by atoms with Gasteiger partial charge >= 0.3 is 5.97 Å². The van der Waals surface area contributed by atoms with E-state index < -0.39 is 5.97 Å². The molecule has 1 aliphatic carbocycles. The fourth-order valence-corrected chi connectivity index (χ4v) is 2.48. The van der Waals surface area contributed by atoms with Crippen molar-refractivity contribution in [2.75, 3.05) is 0 Å². The zero-order chi connectivity index (χ0) is 10.8. The minimum atomic E-state index is -0.839. The van der Waals surface area contributed by atoms with Crippen LogP contribution >= 0.6 is 0 Å². The van der Waals surface area contributed by atoms with Gasteiger partial charge in [0.15, 0.2) is 0 Å². The van der Waals surface area contributed by atoms with Gasteiger partial charge < -0.3 is 10.1 Å². The van der Waals surface area contributed by atoms with Crippen LogP contribution in [0.4, 0.5) is 0 Å². The Morgan fingerprint density at radius 1 is 1.40 bits per heavy atom. The molecule has 3 nitrogen and oxygen atoms in total. The minimum Gasteiger partial charge on any atom is -0.477 e. The lowest BCUT2D eigenvalue weighted by Crippen LogP contribution is -2.13. The van der Waals surface area contributed by atoms with E-state index in [0.29, 0.717) is 11.6 Å². The molecular formula is C12H17NO2. The summed E-state index contributed by atoms with van der Waals surface area (Å²) < 4.78 is 0. The number of aromatic carboxylic acids is 1. The van der Waals surface area contributed by atoms with Gasteiger partial charge in [-0.2, -0.15) is 0 Å². The zero-order valence-corrected chi connectivity index (χ0v) is 8.99. The number of rotatable bonds is 2. The predicted molar refractivity (Wildman–Crippen MR) is 58.1 cm³/mol. The van der Waals surface area contributed by atoms with Crippen molar-refractivity contribution in [3.05, 3.63) is 23.5 Å². The number of carboxylic acid groups (broad SMARTS) is 1. The van der Waals surface area contributed by atoms with E-state index >= 15 is 0 Å². The normalized spacial score (nSPS) is 26.5. The molecule has 0 atom stereocenters. The largest absolute Gasteiger partial charge is 0.477 e. The van der Waals surface area contributed by atoms with E-state index in [2.05, 4.69) is 11.9 Å². The summed E-state index contributed by atoms with van der Waals surface area (Å²) in [6, 6.07) is 1.92. The smallest absolute Gasteiger partial charge is 0.352 e. The first kappa shape index (κ1) is 10.3. The Morgan fingerprint density at radius 2 is 2.07 bits per heavy atom. The second-order valence-corrected chi connectivity index (χ2v) is 4.57. The lowest BCUT2D eigenvalue weighted by atomic mass is 9.79. The summed E-state index contributed by atoms with van der Waals surface area (Å²) in [6.07, 6.45) is 6.42. The number of carbonyl (C=O) groups is 1. The van der Waals surface area contributed by atoms with Crippen LogP contribution in [-0.4, -0.2) is 16.1 Å². The third kappa shape index (κ3) is 2.06. The number of carboxylic acids is 1. The van der Waals surface area contributed by atoms with E-state index in [1.165, 1.54) is 12.8 Å². The highest BCUT2D eigenvalue weighted by molar-refractivity contribution is 5.87. The third-order valence-corrected chi connectivity index (χ3v) is 3.45. The Kier molecular flexibility index (Phi) is 2.80. The number of aromatic nitrogens is 1. The molecular weight excluding hydrogens is 190 g/mol. The second kappa shape index (κ2) is 4.09. The van der Waals surface area contributed by atoms with Gasteiger partial charge in [-0.15, -0.1) is 0 Å². The van der Waals surface area contributed by atoms with Gasteiger partial charge in [0.05, 0.1) is 0 Å². The molecule has 3 heteroatoms. The van der Waals surface area contributed by atoms with Crippen LogP contribution in [0.5, 0.6) is 0 Å². The van der Waals surface area contributed by atoms with Crippen LogP contribution in [0.1, 0.15) is 54.6 Å². The molecule has 0 radical (unpaired) electrons. The maximum atomic E-state index is 11.0. The van der Waals surface area contributed by atoms with Gasteiger partial charge in [-0.1, -0.05) is 19.8 Å². The Bertz CT molecular complexity index is 348. The van der Waals surface area contributed by atoms with Gasteiger partial charge in [0.2, 0.25) is 0 Å². The quantitative estimate of drug-likeness (QED) is 0.783. The van der Waals surface area contributed by atoms with Crippen LogP contribution in [0.25, 0.3) is 0 Å². The fraction of sp³-hybridized carbons (Fsp3) is 0.583. The van der Waals surface area contributed by atoms with Crippen LogP contribution in [0, 0.1) is 5.92 Å². The molecule has 0 amide bonds. The first-order valence-corrected chi connectivity index (χ1v) is 5.59. The highest BCUT2D eigenvalue weighted by Gasteiger charge is 2.24. The highest BCUT2D eigenvalue weighted by Crippen LogP contribution is 2.36. The molecule has 0 aromatic carbocycles. The van der Waals surface area contributed by atoms with E-state index in [1.54, 1.807) is 6.20 Å². The van der Waals surface area contributed by atoms with Crippen LogP contribution < -0.4 is 0 Å². The van der Waals surface area contributed by atoms with Gasteiger partial charge in [0.25, 0.3) is 0 Å². The zero-order valence-electron chi connectivity index (χ0n) is 8.99. The molecule has 0 bridgehead atoms. The van der Waals surface area contributed by atoms with Crippen LogP contribution in [0.2, 0.25) is 0 Å². The van der Waals surface area contributed by atoms with Crippen molar-refractivity contribution < 1.29 is 9.90 Å². The molecule has 1 aliphatic rings. The van der Waals surface area contributed by atoms with Crippen LogP contribution in [0.15, 0.2) is 12.3 Å². The molecule has 2 N–H and O–H groups in total. The Hall–Kier alpha value is -1.25. The minimum absolute atomic E-state index is 0.384. The standard InChI is InChI=1S/C12H17NO2/c1-8-2-4-9(5-3-8)10-6-7-13-11(10)12(14)15/h6-9,13H,2-5H2,1H3,(H,14,15). The number of H-pyrrole nitrogens is 1. The number of hydrogen-bond acceptors (Lipinski definition) is 1. The summed E-state index contributed by atoms with van der Waals surface area (Å²) in [5.74, 6) is 0.403. The van der Waals surface area contributed by atoms with Crippen LogP contribution in [-0.2, 0) is 0 Å². The number of nitrogens with one attached hydrogen (secondary N) is 1. The number of hydrogen-bond donors (Lipinski definition) is 2. The summed E-state index contributed by atoms with van der Waals surface area (Å²) in [4.78, 5) is 13.8. The lowest BCUT2D eigenvalue weighted by molar-refractivity contribution is 0.0689.